The van der Waals surface area contributed by atoms with Gasteiger partial charge in [0.1, 0.15) is 5.82 Å². The SMILES string of the molecule is Cc1ccccc1CCC(O)Cc1cc(F)ccc1C. The van der Waals surface area contributed by atoms with Gasteiger partial charge in [0.15, 0.2) is 0 Å². The molecular weight excluding hydrogens is 251 g/mol. The van der Waals surface area contributed by atoms with Gasteiger partial charge in [0.05, 0.1) is 6.10 Å². The van der Waals surface area contributed by atoms with E-state index in [1.165, 1.54) is 23.3 Å². The molecule has 0 aromatic heterocycles. The fourth-order valence-corrected chi connectivity index (χ4v) is 2.43. The molecule has 0 radical (unpaired) electrons. The Hall–Kier alpha value is -1.67. The van der Waals surface area contributed by atoms with Gasteiger partial charge < -0.3 is 5.11 Å². The van der Waals surface area contributed by atoms with E-state index in [0.717, 1.165) is 17.5 Å². The Morgan fingerprint density at radius 2 is 1.70 bits per heavy atom. The van der Waals surface area contributed by atoms with E-state index in [9.17, 15) is 9.50 Å². The molecule has 0 heterocycles. The number of hydrogen-bond donors (Lipinski definition) is 1. The second-order valence-electron chi connectivity index (χ2n) is 5.39. The zero-order chi connectivity index (χ0) is 14.5. The quantitative estimate of drug-likeness (QED) is 0.873. The Morgan fingerprint density at radius 3 is 2.45 bits per heavy atom. The first-order valence-corrected chi connectivity index (χ1v) is 7.04. The predicted octanol–water partition coefficient (Wildman–Crippen LogP) is 3.98. The van der Waals surface area contributed by atoms with Crippen LogP contribution < -0.4 is 0 Å². The molecule has 106 valence electrons. The van der Waals surface area contributed by atoms with Crippen LogP contribution >= 0.6 is 0 Å². The molecule has 2 aromatic carbocycles. The standard InChI is InChI=1S/C18H21FO/c1-13-5-3-4-6-15(13)8-10-18(20)12-16-11-17(19)9-7-14(16)2/h3-7,9,11,18,20H,8,10,12H2,1-2H3. The highest BCUT2D eigenvalue weighted by atomic mass is 19.1. The number of halogens is 1. The Labute approximate surface area is 120 Å². The molecule has 1 atom stereocenters. The van der Waals surface area contributed by atoms with Crippen molar-refractivity contribution in [3.8, 4) is 0 Å². The predicted molar refractivity (Wildman–Crippen MR) is 80.3 cm³/mol. The van der Waals surface area contributed by atoms with Crippen LogP contribution in [0.4, 0.5) is 4.39 Å². The van der Waals surface area contributed by atoms with Gasteiger partial charge in [0.25, 0.3) is 0 Å². The molecule has 0 aliphatic heterocycles. The highest BCUT2D eigenvalue weighted by molar-refractivity contribution is 5.28. The molecule has 0 amide bonds. The van der Waals surface area contributed by atoms with Gasteiger partial charge in [-0.2, -0.15) is 0 Å². The van der Waals surface area contributed by atoms with Gasteiger partial charge in [-0.25, -0.2) is 4.39 Å². The van der Waals surface area contributed by atoms with Crippen molar-refractivity contribution >= 4 is 0 Å². The summed E-state index contributed by atoms with van der Waals surface area (Å²) in [5.41, 5.74) is 4.44. The first kappa shape index (κ1) is 14.7. The van der Waals surface area contributed by atoms with Gasteiger partial charge >= 0.3 is 0 Å². The number of aliphatic hydroxyl groups excluding tert-OH is 1. The van der Waals surface area contributed by atoms with Gasteiger partial charge in [-0.3, -0.25) is 0 Å². The van der Waals surface area contributed by atoms with Crippen LogP contribution in [0.5, 0.6) is 0 Å². The highest BCUT2D eigenvalue weighted by Gasteiger charge is 2.09. The molecule has 1 N–H and O–H groups in total. The first-order chi connectivity index (χ1) is 9.56. The average molecular weight is 272 g/mol. The maximum absolute atomic E-state index is 13.2. The molecule has 0 fully saturated rings. The third-order valence-electron chi connectivity index (χ3n) is 3.77. The van der Waals surface area contributed by atoms with Gasteiger partial charge in [0.2, 0.25) is 0 Å². The highest BCUT2D eigenvalue weighted by Crippen LogP contribution is 2.16. The number of aliphatic hydroxyl groups is 1. The van der Waals surface area contributed by atoms with E-state index in [0.29, 0.717) is 12.8 Å². The van der Waals surface area contributed by atoms with E-state index < -0.39 is 6.10 Å². The summed E-state index contributed by atoms with van der Waals surface area (Å²) in [6.45, 7) is 4.03. The van der Waals surface area contributed by atoms with Crippen LogP contribution in [0.25, 0.3) is 0 Å². The van der Waals surface area contributed by atoms with Crippen molar-refractivity contribution in [1.82, 2.24) is 0 Å². The van der Waals surface area contributed by atoms with E-state index in [4.69, 9.17) is 0 Å². The third-order valence-corrected chi connectivity index (χ3v) is 3.77. The molecule has 2 rings (SSSR count). The van der Waals surface area contributed by atoms with E-state index in [2.05, 4.69) is 19.1 Å². The lowest BCUT2D eigenvalue weighted by Crippen LogP contribution is -2.13. The normalized spacial score (nSPS) is 12.4. The van der Waals surface area contributed by atoms with Crippen LogP contribution in [-0.4, -0.2) is 11.2 Å². The van der Waals surface area contributed by atoms with Gasteiger partial charge in [0, 0.05) is 0 Å². The zero-order valence-corrected chi connectivity index (χ0v) is 12.1. The molecule has 0 aliphatic carbocycles. The molecular formula is C18H21FO. The minimum atomic E-state index is -0.435. The molecule has 0 spiro atoms. The summed E-state index contributed by atoms with van der Waals surface area (Å²) in [4.78, 5) is 0. The van der Waals surface area contributed by atoms with Crippen molar-refractivity contribution in [3.05, 3.63) is 70.5 Å². The van der Waals surface area contributed by atoms with Crippen LogP contribution in [0.3, 0.4) is 0 Å². The van der Waals surface area contributed by atoms with Crippen LogP contribution in [0.15, 0.2) is 42.5 Å². The topological polar surface area (TPSA) is 20.2 Å². The Morgan fingerprint density at radius 1 is 1.00 bits per heavy atom. The molecule has 20 heavy (non-hydrogen) atoms. The molecule has 1 unspecified atom stereocenters. The van der Waals surface area contributed by atoms with Crippen molar-refractivity contribution in [2.75, 3.05) is 0 Å². The lowest BCUT2D eigenvalue weighted by Gasteiger charge is -2.13. The number of hydrogen-bond acceptors (Lipinski definition) is 1. The second-order valence-corrected chi connectivity index (χ2v) is 5.39. The van der Waals surface area contributed by atoms with Crippen molar-refractivity contribution in [1.29, 1.82) is 0 Å². The summed E-state index contributed by atoms with van der Waals surface area (Å²) in [6, 6.07) is 13.0. The van der Waals surface area contributed by atoms with E-state index in [-0.39, 0.29) is 5.82 Å². The molecule has 0 bridgehead atoms. The summed E-state index contributed by atoms with van der Waals surface area (Å²) in [5, 5.41) is 10.1. The first-order valence-electron chi connectivity index (χ1n) is 7.04. The van der Waals surface area contributed by atoms with Crippen LogP contribution in [0, 0.1) is 19.7 Å². The van der Waals surface area contributed by atoms with Crippen molar-refractivity contribution in [3.63, 3.8) is 0 Å². The Balaban J connectivity index is 1.94. The minimum absolute atomic E-state index is 0.239. The van der Waals surface area contributed by atoms with Crippen molar-refractivity contribution in [2.24, 2.45) is 0 Å². The maximum Gasteiger partial charge on any atom is 0.123 e. The second kappa shape index (κ2) is 6.67. The fraction of sp³-hybridized carbons (Fsp3) is 0.333. The Kier molecular flexibility index (Phi) is 4.91. The lowest BCUT2D eigenvalue weighted by atomic mass is 9.97. The van der Waals surface area contributed by atoms with Crippen LogP contribution in [0.1, 0.15) is 28.7 Å². The summed E-state index contributed by atoms with van der Waals surface area (Å²) in [6.07, 6.45) is 1.62. The number of rotatable bonds is 5. The summed E-state index contributed by atoms with van der Waals surface area (Å²) < 4.78 is 13.2. The maximum atomic E-state index is 13.2. The van der Waals surface area contributed by atoms with Gasteiger partial charge in [-0.15, -0.1) is 0 Å². The smallest absolute Gasteiger partial charge is 0.123 e. The monoisotopic (exact) mass is 272 g/mol. The van der Waals surface area contributed by atoms with Gasteiger partial charge in [-0.05, 0) is 67.5 Å². The number of benzene rings is 2. The summed E-state index contributed by atoms with van der Waals surface area (Å²) in [5.74, 6) is -0.239. The average Bonchev–Trinajstić information content (AvgIpc) is 2.42. The Bertz CT molecular complexity index is 577. The largest absolute Gasteiger partial charge is 0.393 e. The lowest BCUT2D eigenvalue weighted by molar-refractivity contribution is 0.165. The number of aryl methyl sites for hydroxylation is 3. The van der Waals surface area contributed by atoms with Crippen molar-refractivity contribution in [2.45, 2.75) is 39.2 Å². The van der Waals surface area contributed by atoms with E-state index in [1.807, 2.05) is 19.1 Å². The minimum Gasteiger partial charge on any atom is -0.393 e. The third kappa shape index (κ3) is 3.91. The van der Waals surface area contributed by atoms with Gasteiger partial charge in [-0.1, -0.05) is 30.3 Å². The van der Waals surface area contributed by atoms with E-state index >= 15 is 0 Å². The van der Waals surface area contributed by atoms with Crippen LogP contribution in [0.2, 0.25) is 0 Å². The molecule has 1 nitrogen and oxygen atoms in total. The fourth-order valence-electron chi connectivity index (χ4n) is 2.43. The molecule has 0 saturated heterocycles. The molecule has 0 saturated carbocycles. The summed E-state index contributed by atoms with van der Waals surface area (Å²) >= 11 is 0. The molecule has 2 aromatic rings. The molecule has 2 heteroatoms. The summed E-state index contributed by atoms with van der Waals surface area (Å²) in [7, 11) is 0. The van der Waals surface area contributed by atoms with Crippen molar-refractivity contribution < 1.29 is 9.50 Å². The van der Waals surface area contributed by atoms with Crippen LogP contribution in [-0.2, 0) is 12.8 Å². The zero-order valence-electron chi connectivity index (χ0n) is 12.1. The van der Waals surface area contributed by atoms with E-state index in [1.54, 1.807) is 6.07 Å². The molecule has 0 aliphatic rings.